The monoisotopic (exact) mass is 447 g/mol. The lowest BCUT2D eigenvalue weighted by Gasteiger charge is -2.12. The Hall–Kier alpha value is -1.91. The zero-order chi connectivity index (χ0) is 18.9. The van der Waals surface area contributed by atoms with Gasteiger partial charge in [0.05, 0.1) is 15.9 Å². The van der Waals surface area contributed by atoms with Crippen LogP contribution < -0.4 is 4.72 Å². The average Bonchev–Trinajstić information content (AvgIpc) is 2.94. The van der Waals surface area contributed by atoms with Gasteiger partial charge in [0, 0.05) is 17.6 Å². The van der Waals surface area contributed by atoms with Crippen molar-refractivity contribution in [3.63, 3.8) is 0 Å². The van der Waals surface area contributed by atoms with E-state index in [0.717, 1.165) is 9.04 Å². The second kappa shape index (κ2) is 7.01. The van der Waals surface area contributed by atoms with Crippen molar-refractivity contribution in [3.8, 4) is 0 Å². The van der Waals surface area contributed by atoms with E-state index in [0.29, 0.717) is 5.52 Å². The van der Waals surface area contributed by atoms with Gasteiger partial charge >= 0.3 is 6.18 Å². The Balaban J connectivity index is 1.83. The van der Waals surface area contributed by atoms with Crippen LogP contribution in [0.15, 0.2) is 57.9 Å². The van der Waals surface area contributed by atoms with E-state index in [4.69, 9.17) is 0 Å². The molecular formula is C16H13BrF3N3O2S. The number of imidazole rings is 1. The summed E-state index contributed by atoms with van der Waals surface area (Å²) in [5.74, 6) is -1.05. The van der Waals surface area contributed by atoms with E-state index < -0.39 is 22.0 Å². The molecule has 3 rings (SSSR count). The first-order valence-corrected chi connectivity index (χ1v) is 9.74. The summed E-state index contributed by atoms with van der Waals surface area (Å²) in [7, 11) is -3.82. The molecule has 0 fully saturated rings. The number of halogens is 4. The predicted molar refractivity (Wildman–Crippen MR) is 94.1 cm³/mol. The van der Waals surface area contributed by atoms with Gasteiger partial charge in [-0.3, -0.25) is 0 Å². The molecule has 26 heavy (non-hydrogen) atoms. The van der Waals surface area contributed by atoms with E-state index in [9.17, 15) is 21.6 Å². The van der Waals surface area contributed by atoms with Crippen LogP contribution in [0.5, 0.6) is 0 Å². The van der Waals surface area contributed by atoms with Crippen LogP contribution in [-0.4, -0.2) is 24.5 Å². The highest BCUT2D eigenvalue weighted by Gasteiger charge is 2.37. The topological polar surface area (TPSA) is 64.0 Å². The lowest BCUT2D eigenvalue weighted by atomic mass is 10.3. The van der Waals surface area contributed by atoms with Crippen LogP contribution in [0.4, 0.5) is 13.2 Å². The van der Waals surface area contributed by atoms with Gasteiger partial charge in [-0.05, 0) is 36.4 Å². The number of sulfonamides is 1. The number of nitrogens with one attached hydrogen (secondary N) is 1. The van der Waals surface area contributed by atoms with Gasteiger partial charge in [0.1, 0.15) is 0 Å². The van der Waals surface area contributed by atoms with Crippen molar-refractivity contribution in [1.29, 1.82) is 0 Å². The molecule has 0 aliphatic heterocycles. The summed E-state index contributed by atoms with van der Waals surface area (Å²) in [5.41, 5.74) is 0.498. The third-order valence-electron chi connectivity index (χ3n) is 3.66. The second-order valence-corrected chi connectivity index (χ2v) is 8.11. The summed E-state index contributed by atoms with van der Waals surface area (Å²) in [4.78, 5) is 3.66. The molecule has 3 aromatic rings. The zero-order valence-electron chi connectivity index (χ0n) is 13.2. The summed E-state index contributed by atoms with van der Waals surface area (Å²) in [6, 6.07) is 12.1. The van der Waals surface area contributed by atoms with Gasteiger partial charge in [-0.15, -0.1) is 0 Å². The van der Waals surface area contributed by atoms with E-state index in [2.05, 4.69) is 25.6 Å². The number of aromatic nitrogens is 2. The maximum atomic E-state index is 13.2. The fraction of sp³-hybridized carbons (Fsp3) is 0.188. The number of nitrogens with zero attached hydrogens (tertiary/aromatic N) is 2. The fourth-order valence-corrected chi connectivity index (χ4v) is 3.79. The van der Waals surface area contributed by atoms with E-state index >= 15 is 0 Å². The summed E-state index contributed by atoms with van der Waals surface area (Å²) in [6.45, 7) is -0.410. The van der Waals surface area contributed by atoms with Gasteiger partial charge in [0.25, 0.3) is 0 Å². The molecule has 0 radical (unpaired) electrons. The Morgan fingerprint density at radius 1 is 1.08 bits per heavy atom. The molecule has 10 heteroatoms. The molecule has 0 unspecified atom stereocenters. The van der Waals surface area contributed by atoms with Crippen molar-refractivity contribution in [2.45, 2.75) is 17.6 Å². The van der Waals surface area contributed by atoms with Gasteiger partial charge in [-0.2, -0.15) is 13.2 Å². The lowest BCUT2D eigenvalue weighted by Crippen LogP contribution is -2.28. The maximum Gasteiger partial charge on any atom is 0.449 e. The first kappa shape index (κ1) is 18.9. The van der Waals surface area contributed by atoms with E-state index in [-0.39, 0.29) is 23.5 Å². The van der Waals surface area contributed by atoms with Gasteiger partial charge in [-0.25, -0.2) is 18.1 Å². The molecule has 0 spiro atoms. The number of para-hydroxylation sites is 2. The smallest absolute Gasteiger partial charge is 0.319 e. The molecule has 0 saturated heterocycles. The summed E-state index contributed by atoms with van der Waals surface area (Å²) >= 11 is 3.21. The van der Waals surface area contributed by atoms with Crippen LogP contribution in [0.1, 0.15) is 5.82 Å². The Kier molecular flexibility index (Phi) is 5.09. The van der Waals surface area contributed by atoms with Crippen LogP contribution in [0.25, 0.3) is 11.0 Å². The van der Waals surface area contributed by atoms with Crippen molar-refractivity contribution in [3.05, 3.63) is 58.8 Å². The molecule has 0 aliphatic carbocycles. The standard InChI is InChI=1S/C16H13BrF3N3O2S/c17-11-5-7-12(8-6-11)26(24,25)21-9-10-23-14-4-2-1-3-13(14)22-15(23)16(18,19)20/h1-8,21H,9-10H2. The minimum absolute atomic E-state index is 0.0345. The minimum atomic E-state index is -4.64. The van der Waals surface area contributed by atoms with Crippen LogP contribution >= 0.6 is 15.9 Å². The molecular weight excluding hydrogens is 435 g/mol. The summed E-state index contributed by atoms with van der Waals surface area (Å²) < 4.78 is 68.2. The number of hydrogen-bond donors (Lipinski definition) is 1. The van der Waals surface area contributed by atoms with Gasteiger partial charge < -0.3 is 4.57 Å². The average molecular weight is 448 g/mol. The third kappa shape index (κ3) is 3.92. The molecule has 0 atom stereocenters. The van der Waals surface area contributed by atoms with Crippen molar-refractivity contribution in [2.75, 3.05) is 6.54 Å². The molecule has 5 nitrogen and oxygen atoms in total. The van der Waals surface area contributed by atoms with E-state index in [1.54, 1.807) is 24.3 Å². The van der Waals surface area contributed by atoms with Crippen molar-refractivity contribution in [1.82, 2.24) is 14.3 Å². The number of alkyl halides is 3. The Morgan fingerprint density at radius 3 is 2.38 bits per heavy atom. The molecule has 0 bridgehead atoms. The highest BCUT2D eigenvalue weighted by atomic mass is 79.9. The molecule has 1 aromatic heterocycles. The Bertz CT molecular complexity index is 1030. The first-order valence-electron chi connectivity index (χ1n) is 7.46. The first-order chi connectivity index (χ1) is 12.2. The molecule has 0 amide bonds. The second-order valence-electron chi connectivity index (χ2n) is 5.43. The van der Waals surface area contributed by atoms with Crippen molar-refractivity contribution < 1.29 is 21.6 Å². The SMILES string of the molecule is O=S(=O)(NCCn1c(C(F)(F)F)nc2ccccc21)c1ccc(Br)cc1. The van der Waals surface area contributed by atoms with Crippen LogP contribution in [-0.2, 0) is 22.7 Å². The number of fused-ring (bicyclic) bond motifs is 1. The zero-order valence-corrected chi connectivity index (χ0v) is 15.6. The Morgan fingerprint density at radius 2 is 1.73 bits per heavy atom. The number of rotatable bonds is 5. The fourth-order valence-electron chi connectivity index (χ4n) is 2.51. The normalized spacial score (nSPS) is 12.6. The molecule has 2 aromatic carbocycles. The van der Waals surface area contributed by atoms with Crippen LogP contribution in [0.2, 0.25) is 0 Å². The van der Waals surface area contributed by atoms with Crippen molar-refractivity contribution >= 4 is 37.0 Å². The number of hydrogen-bond acceptors (Lipinski definition) is 3. The van der Waals surface area contributed by atoms with E-state index in [1.807, 2.05) is 0 Å². The van der Waals surface area contributed by atoms with Crippen molar-refractivity contribution in [2.24, 2.45) is 0 Å². The third-order valence-corrected chi connectivity index (χ3v) is 5.67. The van der Waals surface area contributed by atoms with Gasteiger partial charge in [-0.1, -0.05) is 28.1 Å². The lowest BCUT2D eigenvalue weighted by molar-refractivity contribution is -0.146. The molecule has 138 valence electrons. The highest BCUT2D eigenvalue weighted by Crippen LogP contribution is 2.31. The maximum absolute atomic E-state index is 13.2. The molecule has 1 N–H and O–H groups in total. The molecule has 1 heterocycles. The van der Waals surface area contributed by atoms with Gasteiger partial charge in [0.15, 0.2) is 0 Å². The largest absolute Gasteiger partial charge is 0.449 e. The van der Waals surface area contributed by atoms with Gasteiger partial charge in [0.2, 0.25) is 15.8 Å². The van der Waals surface area contributed by atoms with Crippen LogP contribution in [0.3, 0.4) is 0 Å². The summed E-state index contributed by atoms with van der Waals surface area (Å²) in [6.07, 6.45) is -4.64. The minimum Gasteiger partial charge on any atom is -0.319 e. The number of benzene rings is 2. The quantitative estimate of drug-likeness (QED) is 0.646. The highest BCUT2D eigenvalue weighted by molar-refractivity contribution is 9.10. The Labute approximate surface area is 156 Å². The van der Waals surface area contributed by atoms with Crippen LogP contribution in [0, 0.1) is 0 Å². The van der Waals surface area contributed by atoms with E-state index in [1.165, 1.54) is 24.3 Å². The predicted octanol–water partition coefficient (Wildman–Crippen LogP) is 3.80. The summed E-state index contributed by atoms with van der Waals surface area (Å²) in [5, 5.41) is 0. The molecule has 0 saturated carbocycles. The molecule has 0 aliphatic rings.